The zero-order valence-electron chi connectivity index (χ0n) is 14.4. The molecule has 2 aromatic carbocycles. The summed E-state index contributed by atoms with van der Waals surface area (Å²) < 4.78 is 0. The molecule has 0 radical (unpaired) electrons. The van der Waals surface area contributed by atoms with E-state index in [-0.39, 0.29) is 5.91 Å². The van der Waals surface area contributed by atoms with E-state index in [2.05, 4.69) is 53.2 Å². The van der Waals surface area contributed by atoms with Crippen molar-refractivity contribution >= 4 is 17.3 Å². The molecule has 0 aliphatic carbocycles. The lowest BCUT2D eigenvalue weighted by Gasteiger charge is -2.41. The molecule has 0 unspecified atom stereocenters. The van der Waals surface area contributed by atoms with Gasteiger partial charge in [0.1, 0.15) is 0 Å². The number of nitrogens with one attached hydrogen (secondary N) is 1. The van der Waals surface area contributed by atoms with Crippen LogP contribution >= 0.6 is 0 Å². The molecule has 4 nitrogen and oxygen atoms in total. The summed E-state index contributed by atoms with van der Waals surface area (Å²) in [5, 5.41) is 2.96. The van der Waals surface area contributed by atoms with Gasteiger partial charge in [0.2, 0.25) is 5.91 Å². The molecule has 1 fully saturated rings. The molecular formula is C20H25N3O. The largest absolute Gasteiger partial charge is 0.366 e. The van der Waals surface area contributed by atoms with Gasteiger partial charge in [-0.1, -0.05) is 35.9 Å². The number of anilines is 2. The van der Waals surface area contributed by atoms with E-state index in [1.165, 1.54) is 11.3 Å². The molecule has 1 amide bonds. The molecule has 4 heteroatoms. The van der Waals surface area contributed by atoms with Gasteiger partial charge < -0.3 is 10.2 Å². The lowest BCUT2D eigenvalue weighted by Crippen LogP contribution is -2.53. The number of amides is 1. The van der Waals surface area contributed by atoms with Crippen LogP contribution in [-0.4, -0.2) is 43.0 Å². The fraction of sp³-hybridized carbons (Fsp3) is 0.350. The van der Waals surface area contributed by atoms with E-state index in [4.69, 9.17) is 0 Å². The highest BCUT2D eigenvalue weighted by Crippen LogP contribution is 2.21. The Morgan fingerprint density at radius 1 is 1.08 bits per heavy atom. The summed E-state index contributed by atoms with van der Waals surface area (Å²) in [7, 11) is 0. The molecule has 0 bridgehead atoms. The first-order valence-electron chi connectivity index (χ1n) is 8.52. The Labute approximate surface area is 144 Å². The van der Waals surface area contributed by atoms with E-state index in [0.717, 1.165) is 25.3 Å². The number of carbonyl (C=O) groups excluding carboxylic acids is 1. The van der Waals surface area contributed by atoms with Gasteiger partial charge in [-0.15, -0.1) is 0 Å². The number of hydrogen-bond donors (Lipinski definition) is 1. The quantitative estimate of drug-likeness (QED) is 0.939. The monoisotopic (exact) mass is 323 g/mol. The van der Waals surface area contributed by atoms with Crippen LogP contribution in [0.4, 0.5) is 11.4 Å². The average Bonchev–Trinajstić information content (AvgIpc) is 2.57. The van der Waals surface area contributed by atoms with Crippen molar-refractivity contribution in [1.82, 2.24) is 4.90 Å². The highest BCUT2D eigenvalue weighted by molar-refractivity contribution is 5.92. The zero-order valence-corrected chi connectivity index (χ0v) is 14.4. The molecule has 1 atom stereocenters. The number of para-hydroxylation sites is 1. The first-order chi connectivity index (χ1) is 11.6. The van der Waals surface area contributed by atoms with E-state index < -0.39 is 0 Å². The maximum absolute atomic E-state index is 12.2. The van der Waals surface area contributed by atoms with Gasteiger partial charge in [0.05, 0.1) is 6.54 Å². The van der Waals surface area contributed by atoms with Crippen LogP contribution in [0.1, 0.15) is 12.5 Å². The first kappa shape index (κ1) is 16.5. The summed E-state index contributed by atoms with van der Waals surface area (Å²) in [4.78, 5) is 16.9. The number of nitrogens with zero attached hydrogens (tertiary/aromatic N) is 2. The second kappa shape index (κ2) is 7.49. The van der Waals surface area contributed by atoms with Gasteiger partial charge in [-0.2, -0.15) is 0 Å². The lowest BCUT2D eigenvalue weighted by molar-refractivity contribution is -0.117. The number of carbonyl (C=O) groups is 1. The van der Waals surface area contributed by atoms with Crippen molar-refractivity contribution in [3.8, 4) is 0 Å². The molecule has 24 heavy (non-hydrogen) atoms. The number of piperazine rings is 1. The van der Waals surface area contributed by atoms with Gasteiger partial charge in [0.25, 0.3) is 0 Å². The fourth-order valence-electron chi connectivity index (χ4n) is 3.22. The van der Waals surface area contributed by atoms with Crippen molar-refractivity contribution in [2.24, 2.45) is 0 Å². The van der Waals surface area contributed by atoms with Crippen LogP contribution in [0, 0.1) is 6.92 Å². The van der Waals surface area contributed by atoms with Crippen molar-refractivity contribution in [2.45, 2.75) is 19.9 Å². The number of benzene rings is 2. The van der Waals surface area contributed by atoms with E-state index in [0.29, 0.717) is 12.6 Å². The van der Waals surface area contributed by atoms with Gasteiger partial charge in [-0.05, 0) is 38.1 Å². The normalized spacial score (nSPS) is 18.4. The molecule has 1 saturated heterocycles. The van der Waals surface area contributed by atoms with Crippen LogP contribution in [0.15, 0.2) is 54.6 Å². The predicted molar refractivity (Wildman–Crippen MR) is 99.5 cm³/mol. The van der Waals surface area contributed by atoms with Crippen LogP contribution in [0.25, 0.3) is 0 Å². The predicted octanol–water partition coefficient (Wildman–Crippen LogP) is 3.14. The Morgan fingerprint density at radius 3 is 2.46 bits per heavy atom. The van der Waals surface area contributed by atoms with E-state index in [1.54, 1.807) is 0 Å². The molecule has 0 aromatic heterocycles. The van der Waals surface area contributed by atoms with Crippen molar-refractivity contribution < 1.29 is 4.79 Å². The number of hydrogen-bond acceptors (Lipinski definition) is 3. The minimum absolute atomic E-state index is 0.0529. The van der Waals surface area contributed by atoms with E-state index in [9.17, 15) is 4.79 Å². The van der Waals surface area contributed by atoms with Crippen molar-refractivity contribution in [3.05, 3.63) is 60.2 Å². The Bertz CT molecular complexity index is 669. The minimum atomic E-state index is 0.0529. The summed E-state index contributed by atoms with van der Waals surface area (Å²) in [6.07, 6.45) is 0. The molecule has 126 valence electrons. The minimum Gasteiger partial charge on any atom is -0.366 e. The summed E-state index contributed by atoms with van der Waals surface area (Å²) in [5.74, 6) is 0.0529. The highest BCUT2D eigenvalue weighted by Gasteiger charge is 2.25. The molecule has 2 aromatic rings. The fourth-order valence-corrected chi connectivity index (χ4v) is 3.22. The SMILES string of the molecule is Cc1ccc(N2CCN(CC(=O)Nc3ccccc3)C[C@H]2C)cc1. The van der Waals surface area contributed by atoms with Crippen LogP contribution in [0.3, 0.4) is 0 Å². The first-order valence-corrected chi connectivity index (χ1v) is 8.52. The van der Waals surface area contributed by atoms with Crippen LogP contribution in [0.2, 0.25) is 0 Å². The Kier molecular flexibility index (Phi) is 5.16. The smallest absolute Gasteiger partial charge is 0.238 e. The maximum atomic E-state index is 12.2. The highest BCUT2D eigenvalue weighted by atomic mass is 16.2. The average molecular weight is 323 g/mol. The van der Waals surface area contributed by atoms with Crippen LogP contribution < -0.4 is 10.2 Å². The standard InChI is InChI=1S/C20H25N3O/c1-16-8-10-19(11-9-16)23-13-12-22(14-17(23)2)15-20(24)21-18-6-4-3-5-7-18/h3-11,17H,12-15H2,1-2H3,(H,21,24)/t17-/m1/s1. The summed E-state index contributed by atoms with van der Waals surface area (Å²) >= 11 is 0. The third-order valence-corrected chi connectivity index (χ3v) is 4.50. The number of rotatable bonds is 4. The van der Waals surface area contributed by atoms with Crippen molar-refractivity contribution in [3.63, 3.8) is 0 Å². The zero-order chi connectivity index (χ0) is 16.9. The molecule has 0 saturated carbocycles. The maximum Gasteiger partial charge on any atom is 0.238 e. The Hall–Kier alpha value is -2.33. The van der Waals surface area contributed by atoms with E-state index >= 15 is 0 Å². The van der Waals surface area contributed by atoms with Crippen molar-refractivity contribution in [1.29, 1.82) is 0 Å². The molecule has 3 rings (SSSR count). The summed E-state index contributed by atoms with van der Waals surface area (Å²) in [6, 6.07) is 18.7. The van der Waals surface area contributed by atoms with Gasteiger partial charge in [0, 0.05) is 37.1 Å². The molecule has 1 N–H and O–H groups in total. The topological polar surface area (TPSA) is 35.6 Å². The second-order valence-electron chi connectivity index (χ2n) is 6.53. The molecule has 1 aliphatic heterocycles. The second-order valence-corrected chi connectivity index (χ2v) is 6.53. The van der Waals surface area contributed by atoms with Crippen LogP contribution in [0.5, 0.6) is 0 Å². The van der Waals surface area contributed by atoms with Gasteiger partial charge in [0.15, 0.2) is 0 Å². The summed E-state index contributed by atoms with van der Waals surface area (Å²) in [6.45, 7) is 7.53. The Morgan fingerprint density at radius 2 is 1.79 bits per heavy atom. The molecular weight excluding hydrogens is 298 g/mol. The summed E-state index contributed by atoms with van der Waals surface area (Å²) in [5.41, 5.74) is 3.40. The van der Waals surface area contributed by atoms with Crippen molar-refractivity contribution in [2.75, 3.05) is 36.4 Å². The van der Waals surface area contributed by atoms with Gasteiger partial charge in [-0.25, -0.2) is 0 Å². The third-order valence-electron chi connectivity index (χ3n) is 4.50. The van der Waals surface area contributed by atoms with E-state index in [1.807, 2.05) is 30.3 Å². The third kappa shape index (κ3) is 4.15. The van der Waals surface area contributed by atoms with Gasteiger partial charge in [-0.3, -0.25) is 9.69 Å². The Balaban J connectivity index is 1.53. The van der Waals surface area contributed by atoms with Gasteiger partial charge >= 0.3 is 0 Å². The number of aryl methyl sites for hydroxylation is 1. The lowest BCUT2D eigenvalue weighted by atomic mass is 10.1. The van der Waals surface area contributed by atoms with Crippen LogP contribution in [-0.2, 0) is 4.79 Å². The molecule has 1 aliphatic rings. The molecule has 1 heterocycles. The molecule has 0 spiro atoms.